The fourth-order valence-electron chi connectivity index (χ4n) is 5.29. The van der Waals surface area contributed by atoms with Crippen LogP contribution >= 0.6 is 0 Å². The van der Waals surface area contributed by atoms with Crippen molar-refractivity contribution in [1.82, 2.24) is 26.3 Å². The number of carbonyl (C=O) groups excluding carboxylic acids is 5. The molecule has 11 heteroatoms. The van der Waals surface area contributed by atoms with E-state index in [2.05, 4.69) is 26.3 Å². The van der Waals surface area contributed by atoms with Crippen LogP contribution in [-0.4, -0.2) is 59.3 Å². The number of alkyl carbamates (subject to hydrolysis) is 1. The zero-order chi connectivity index (χ0) is 32.9. The predicted molar refractivity (Wildman–Crippen MR) is 171 cm³/mol. The summed E-state index contributed by atoms with van der Waals surface area (Å²) in [5, 5.41) is 11.0. The number of ether oxygens (including phenoxy) is 1. The maximum atomic E-state index is 13.9. The van der Waals surface area contributed by atoms with Gasteiger partial charge in [0, 0.05) is 25.1 Å². The summed E-state index contributed by atoms with van der Waals surface area (Å²) in [6.45, 7) is 4.36. The highest BCUT2D eigenvalue weighted by atomic mass is 16.5. The molecule has 4 atom stereocenters. The van der Waals surface area contributed by atoms with Crippen molar-refractivity contribution in [2.75, 3.05) is 6.54 Å². The van der Waals surface area contributed by atoms with E-state index in [0.717, 1.165) is 11.1 Å². The summed E-state index contributed by atoms with van der Waals surface area (Å²) in [7, 11) is 0. The first-order valence-corrected chi connectivity index (χ1v) is 15.5. The number of hydrogen-bond donors (Lipinski definition) is 4. The molecule has 1 aliphatic rings. The summed E-state index contributed by atoms with van der Waals surface area (Å²) < 4.78 is 5.35. The summed E-state index contributed by atoms with van der Waals surface area (Å²) in [4.78, 5) is 70.4. The van der Waals surface area contributed by atoms with E-state index in [9.17, 15) is 24.0 Å². The van der Waals surface area contributed by atoms with Crippen LogP contribution in [0.1, 0.15) is 54.7 Å². The lowest BCUT2D eigenvalue weighted by Crippen LogP contribution is -2.57. The molecule has 1 saturated heterocycles. The Labute approximate surface area is 268 Å². The molecular formula is C35H41N5O6. The fraction of sp³-hybridized carbons (Fsp3) is 0.371. The molecule has 4 rings (SSSR count). The maximum Gasteiger partial charge on any atom is 0.408 e. The largest absolute Gasteiger partial charge is 0.445 e. The molecule has 0 bridgehead atoms. The van der Waals surface area contributed by atoms with Crippen molar-refractivity contribution in [3.63, 3.8) is 0 Å². The summed E-state index contributed by atoms with van der Waals surface area (Å²) in [5.74, 6) is -2.20. The van der Waals surface area contributed by atoms with Crippen molar-refractivity contribution < 1.29 is 28.7 Å². The molecule has 2 aromatic carbocycles. The Balaban J connectivity index is 1.52. The van der Waals surface area contributed by atoms with Gasteiger partial charge in [-0.05, 0) is 48.4 Å². The topological polar surface area (TPSA) is 156 Å². The lowest BCUT2D eigenvalue weighted by molar-refractivity contribution is -0.130. The van der Waals surface area contributed by atoms with E-state index in [4.69, 9.17) is 4.74 Å². The van der Waals surface area contributed by atoms with Crippen molar-refractivity contribution in [3.8, 4) is 0 Å². The van der Waals surface area contributed by atoms with Crippen LogP contribution in [0.3, 0.4) is 0 Å². The molecule has 3 aromatic rings. The molecule has 0 radical (unpaired) electrons. The molecule has 2 heterocycles. The average Bonchev–Trinajstić information content (AvgIpc) is 3.47. The van der Waals surface area contributed by atoms with Crippen molar-refractivity contribution in [3.05, 3.63) is 102 Å². The van der Waals surface area contributed by atoms with Crippen LogP contribution in [0.4, 0.5) is 4.79 Å². The predicted octanol–water partition coefficient (Wildman–Crippen LogP) is 3.34. The molecule has 0 unspecified atom stereocenters. The SMILES string of the molecule is CC(C)C[C@H](NC(=O)OCc1ccccc1)C(=O)N[C@@H](Cc1ccccc1)C(=O)N[C@@H](C[C@H]1CCNC1=O)C(=O)c1ccccn1. The van der Waals surface area contributed by atoms with Gasteiger partial charge in [0.15, 0.2) is 0 Å². The highest BCUT2D eigenvalue weighted by Gasteiger charge is 2.35. The highest BCUT2D eigenvalue weighted by Crippen LogP contribution is 2.19. The maximum absolute atomic E-state index is 13.9. The van der Waals surface area contributed by atoms with E-state index < -0.39 is 47.7 Å². The number of nitrogens with zero attached hydrogens (tertiary/aromatic N) is 1. The first kappa shape index (κ1) is 33.8. The molecular weight excluding hydrogens is 586 g/mol. The Bertz CT molecular complexity index is 1470. The minimum absolute atomic E-state index is 0.0319. The van der Waals surface area contributed by atoms with Crippen molar-refractivity contribution in [2.24, 2.45) is 11.8 Å². The second-order valence-corrected chi connectivity index (χ2v) is 11.8. The quantitative estimate of drug-likeness (QED) is 0.188. The van der Waals surface area contributed by atoms with Gasteiger partial charge in [-0.15, -0.1) is 0 Å². The van der Waals surface area contributed by atoms with E-state index >= 15 is 0 Å². The van der Waals surface area contributed by atoms with Crippen molar-refractivity contribution in [2.45, 2.75) is 64.3 Å². The molecule has 1 fully saturated rings. The fourth-order valence-corrected chi connectivity index (χ4v) is 5.29. The molecule has 4 amide bonds. The first-order valence-electron chi connectivity index (χ1n) is 15.5. The molecule has 4 N–H and O–H groups in total. The Kier molecular flexibility index (Phi) is 12.4. The number of rotatable bonds is 15. The third kappa shape index (κ3) is 10.3. The zero-order valence-corrected chi connectivity index (χ0v) is 26.1. The molecule has 46 heavy (non-hydrogen) atoms. The van der Waals surface area contributed by atoms with E-state index in [0.29, 0.717) is 19.4 Å². The number of aromatic nitrogens is 1. The van der Waals surface area contributed by atoms with Gasteiger partial charge in [0.05, 0.1) is 6.04 Å². The van der Waals surface area contributed by atoms with E-state index in [1.54, 1.807) is 18.2 Å². The smallest absolute Gasteiger partial charge is 0.408 e. The molecule has 1 aromatic heterocycles. The summed E-state index contributed by atoms with van der Waals surface area (Å²) >= 11 is 0. The van der Waals surface area contributed by atoms with Gasteiger partial charge in [-0.25, -0.2) is 4.79 Å². The minimum atomic E-state index is -1.09. The van der Waals surface area contributed by atoms with Crippen LogP contribution in [0, 0.1) is 11.8 Å². The van der Waals surface area contributed by atoms with Crippen molar-refractivity contribution >= 4 is 29.6 Å². The molecule has 1 aliphatic heterocycles. The number of carbonyl (C=O) groups is 5. The second kappa shape index (κ2) is 16.9. The summed E-state index contributed by atoms with van der Waals surface area (Å²) in [5.41, 5.74) is 1.73. The molecule has 0 spiro atoms. The number of pyridine rings is 1. The zero-order valence-electron chi connectivity index (χ0n) is 26.1. The highest BCUT2D eigenvalue weighted by molar-refractivity contribution is 6.02. The van der Waals surface area contributed by atoms with Crippen LogP contribution < -0.4 is 21.3 Å². The number of nitrogens with one attached hydrogen (secondary N) is 4. The van der Waals surface area contributed by atoms with Crippen molar-refractivity contribution in [1.29, 1.82) is 0 Å². The van der Waals surface area contributed by atoms with Crippen LogP contribution in [0.25, 0.3) is 0 Å². The Morgan fingerprint density at radius 1 is 0.826 bits per heavy atom. The van der Waals surface area contributed by atoms with Gasteiger partial charge in [0.2, 0.25) is 23.5 Å². The number of Topliss-reactive ketones (excluding diaryl/α,β-unsaturated/α-hetero) is 1. The third-order valence-corrected chi connectivity index (χ3v) is 7.68. The summed E-state index contributed by atoms with van der Waals surface area (Å²) in [6.07, 6.45) is 1.77. The van der Waals surface area contributed by atoms with Crippen LogP contribution in [0.5, 0.6) is 0 Å². The molecule has 11 nitrogen and oxygen atoms in total. The Morgan fingerprint density at radius 2 is 1.46 bits per heavy atom. The Morgan fingerprint density at radius 3 is 2.07 bits per heavy atom. The molecule has 0 aliphatic carbocycles. The van der Waals surface area contributed by atoms with E-state index in [-0.39, 0.29) is 37.0 Å². The van der Waals surface area contributed by atoms with Gasteiger partial charge in [0.25, 0.3) is 0 Å². The number of ketones is 1. The average molecular weight is 628 g/mol. The van der Waals surface area contributed by atoms with Gasteiger partial charge in [0.1, 0.15) is 24.4 Å². The van der Waals surface area contributed by atoms with E-state index in [1.165, 1.54) is 6.20 Å². The van der Waals surface area contributed by atoms with Gasteiger partial charge < -0.3 is 26.0 Å². The van der Waals surface area contributed by atoms with E-state index in [1.807, 2.05) is 74.5 Å². The number of hydrogen-bond acceptors (Lipinski definition) is 7. The van der Waals surface area contributed by atoms with Crippen LogP contribution in [0.2, 0.25) is 0 Å². The first-order chi connectivity index (χ1) is 22.2. The lowest BCUT2D eigenvalue weighted by Gasteiger charge is -2.26. The normalized spacial score (nSPS) is 16.1. The number of amides is 4. The monoisotopic (exact) mass is 627 g/mol. The third-order valence-electron chi connectivity index (χ3n) is 7.68. The number of benzene rings is 2. The van der Waals surface area contributed by atoms with Gasteiger partial charge >= 0.3 is 6.09 Å². The van der Waals surface area contributed by atoms with Gasteiger partial charge in [-0.2, -0.15) is 0 Å². The lowest BCUT2D eigenvalue weighted by atomic mass is 9.93. The van der Waals surface area contributed by atoms with Crippen LogP contribution in [-0.2, 0) is 32.1 Å². The minimum Gasteiger partial charge on any atom is -0.445 e. The van der Waals surface area contributed by atoms with Gasteiger partial charge in [-0.3, -0.25) is 24.2 Å². The molecule has 242 valence electrons. The standard InChI is InChI=1S/C35H41N5O6/c1-23(2)19-29(40-35(45)46-22-25-13-7-4-8-14-25)33(43)39-30(20-24-11-5-3-6-12-24)34(44)38-28(21-26-16-18-37-32(26)42)31(41)27-15-9-10-17-36-27/h3-15,17,23,26,28-30H,16,18-22H2,1-2H3,(H,37,42)(H,38,44)(H,39,43)(H,40,45)/t26-,28+,29+,30+/m1/s1. The molecule has 0 saturated carbocycles. The second-order valence-electron chi connectivity index (χ2n) is 11.8. The van der Waals surface area contributed by atoms with Gasteiger partial charge in [-0.1, -0.05) is 80.6 Å². The van der Waals surface area contributed by atoms with Crippen LogP contribution in [0.15, 0.2) is 85.1 Å². The Hall–Kier alpha value is -5.06. The summed E-state index contributed by atoms with van der Waals surface area (Å²) in [6, 6.07) is 20.1.